The van der Waals surface area contributed by atoms with E-state index in [1.165, 1.54) is 6.07 Å². The van der Waals surface area contributed by atoms with Crippen molar-refractivity contribution in [2.75, 3.05) is 0 Å². The van der Waals surface area contributed by atoms with E-state index in [0.717, 1.165) is 0 Å². The number of rotatable bonds is 3. The normalized spacial score (nSPS) is 10.5. The molecule has 0 radical (unpaired) electrons. The van der Waals surface area contributed by atoms with Crippen molar-refractivity contribution in [3.63, 3.8) is 0 Å². The van der Waals surface area contributed by atoms with E-state index in [0.29, 0.717) is 17.9 Å². The number of benzene rings is 1. The van der Waals surface area contributed by atoms with Gasteiger partial charge in [-0.1, -0.05) is 18.2 Å². The lowest BCUT2D eigenvalue weighted by molar-refractivity contribution is 0.266. The summed E-state index contributed by atoms with van der Waals surface area (Å²) in [7, 11) is 0. The zero-order chi connectivity index (χ0) is 10.7. The first kappa shape index (κ1) is 9.86. The minimum absolute atomic E-state index is 0.137. The molecule has 0 aliphatic rings. The summed E-state index contributed by atoms with van der Waals surface area (Å²) >= 11 is 0. The molecule has 1 N–H and O–H groups in total. The van der Waals surface area contributed by atoms with Gasteiger partial charge in [-0.05, 0) is 6.07 Å². The molecular weight excluding hydrogens is 195 g/mol. The van der Waals surface area contributed by atoms with Gasteiger partial charge in [-0.25, -0.2) is 9.37 Å². The van der Waals surface area contributed by atoms with E-state index in [1.807, 2.05) is 0 Å². The first-order chi connectivity index (χ1) is 7.31. The number of aliphatic hydroxyl groups excluding tert-OH is 1. The Morgan fingerprint density at radius 3 is 2.87 bits per heavy atom. The largest absolute Gasteiger partial charge is 0.388 e. The third-order valence-electron chi connectivity index (χ3n) is 2.24. The predicted octanol–water partition coefficient (Wildman–Crippen LogP) is 1.56. The van der Waals surface area contributed by atoms with Crippen molar-refractivity contribution in [1.29, 1.82) is 0 Å². The maximum Gasteiger partial charge on any atom is 0.134 e. The van der Waals surface area contributed by atoms with Crippen LogP contribution < -0.4 is 0 Å². The van der Waals surface area contributed by atoms with Gasteiger partial charge >= 0.3 is 0 Å². The van der Waals surface area contributed by atoms with Crippen LogP contribution in [0.2, 0.25) is 0 Å². The number of hydrogen-bond acceptors (Lipinski definition) is 2. The summed E-state index contributed by atoms with van der Waals surface area (Å²) in [6, 6.07) is 6.58. The second kappa shape index (κ2) is 4.23. The fourth-order valence-electron chi connectivity index (χ4n) is 1.45. The second-order valence-corrected chi connectivity index (χ2v) is 3.22. The molecule has 1 aromatic heterocycles. The second-order valence-electron chi connectivity index (χ2n) is 3.22. The molecule has 4 heteroatoms. The molecule has 0 fully saturated rings. The molecular formula is C11H11FN2O. The summed E-state index contributed by atoms with van der Waals surface area (Å²) in [5.74, 6) is 0.299. The maximum absolute atomic E-state index is 13.3. The van der Waals surface area contributed by atoms with Crippen LogP contribution in [0, 0.1) is 5.82 Å². The van der Waals surface area contributed by atoms with E-state index >= 15 is 0 Å². The molecule has 2 rings (SSSR count). The van der Waals surface area contributed by atoms with Gasteiger partial charge in [0.2, 0.25) is 0 Å². The summed E-state index contributed by atoms with van der Waals surface area (Å²) in [4.78, 5) is 3.95. The monoisotopic (exact) mass is 206 g/mol. The van der Waals surface area contributed by atoms with Crippen LogP contribution in [-0.2, 0) is 13.2 Å². The average Bonchev–Trinajstić information content (AvgIpc) is 2.69. The summed E-state index contributed by atoms with van der Waals surface area (Å²) in [6.07, 6.45) is 3.31. The molecule has 0 atom stereocenters. The molecule has 0 bridgehead atoms. The molecule has 0 amide bonds. The summed E-state index contributed by atoms with van der Waals surface area (Å²) < 4.78 is 15.0. The van der Waals surface area contributed by atoms with E-state index in [9.17, 15) is 4.39 Å². The van der Waals surface area contributed by atoms with Crippen LogP contribution in [0.4, 0.5) is 4.39 Å². The number of aromatic nitrogens is 2. The summed E-state index contributed by atoms with van der Waals surface area (Å²) in [5.41, 5.74) is 0.588. The number of aliphatic hydroxyl groups is 1. The van der Waals surface area contributed by atoms with E-state index in [2.05, 4.69) is 4.98 Å². The Hall–Kier alpha value is -1.68. The standard InChI is InChI=1S/C11H11FN2O/c12-10-4-2-1-3-9(10)7-14-6-5-13-11(14)8-15/h1-6,15H,7-8H2. The van der Waals surface area contributed by atoms with Crippen LogP contribution >= 0.6 is 0 Å². The maximum atomic E-state index is 13.3. The molecule has 2 aromatic rings. The molecule has 3 nitrogen and oxygen atoms in total. The highest BCUT2D eigenvalue weighted by Gasteiger charge is 2.04. The van der Waals surface area contributed by atoms with E-state index in [4.69, 9.17) is 5.11 Å². The van der Waals surface area contributed by atoms with Gasteiger partial charge in [0, 0.05) is 18.0 Å². The first-order valence-corrected chi connectivity index (χ1v) is 4.65. The molecule has 0 saturated heterocycles. The number of halogens is 1. The zero-order valence-electron chi connectivity index (χ0n) is 8.10. The minimum atomic E-state index is -0.241. The van der Waals surface area contributed by atoms with E-state index in [-0.39, 0.29) is 12.4 Å². The van der Waals surface area contributed by atoms with Gasteiger partial charge in [-0.3, -0.25) is 0 Å². The van der Waals surface area contributed by atoms with Crippen LogP contribution in [0.25, 0.3) is 0 Å². The van der Waals surface area contributed by atoms with Crippen molar-refractivity contribution in [2.24, 2.45) is 0 Å². The smallest absolute Gasteiger partial charge is 0.134 e. The highest BCUT2D eigenvalue weighted by Crippen LogP contribution is 2.09. The number of nitrogens with zero attached hydrogens (tertiary/aromatic N) is 2. The third kappa shape index (κ3) is 2.05. The summed E-state index contributed by atoms with van der Waals surface area (Å²) in [5, 5.41) is 8.98. The Balaban J connectivity index is 2.26. The lowest BCUT2D eigenvalue weighted by atomic mass is 10.2. The van der Waals surface area contributed by atoms with Crippen molar-refractivity contribution in [3.8, 4) is 0 Å². The lowest BCUT2D eigenvalue weighted by Gasteiger charge is -2.06. The van der Waals surface area contributed by atoms with Crippen molar-refractivity contribution in [1.82, 2.24) is 9.55 Å². The molecule has 0 unspecified atom stereocenters. The third-order valence-corrected chi connectivity index (χ3v) is 2.24. The van der Waals surface area contributed by atoms with Gasteiger partial charge in [-0.15, -0.1) is 0 Å². The Labute approximate surface area is 86.8 Å². The SMILES string of the molecule is OCc1nccn1Cc1ccccc1F. The quantitative estimate of drug-likeness (QED) is 0.827. The van der Waals surface area contributed by atoms with Gasteiger partial charge < -0.3 is 9.67 Å². The lowest BCUT2D eigenvalue weighted by Crippen LogP contribution is -2.05. The zero-order valence-corrected chi connectivity index (χ0v) is 8.10. The van der Waals surface area contributed by atoms with Crippen LogP contribution in [0.15, 0.2) is 36.7 Å². The first-order valence-electron chi connectivity index (χ1n) is 4.65. The van der Waals surface area contributed by atoms with Crippen molar-refractivity contribution >= 4 is 0 Å². The summed E-state index contributed by atoms with van der Waals surface area (Å²) in [6.45, 7) is 0.254. The van der Waals surface area contributed by atoms with Crippen LogP contribution in [0.3, 0.4) is 0 Å². The molecule has 0 spiro atoms. The van der Waals surface area contributed by atoms with Crippen molar-refractivity contribution < 1.29 is 9.50 Å². The highest BCUT2D eigenvalue weighted by molar-refractivity contribution is 5.18. The Bertz CT molecular complexity index is 453. The van der Waals surface area contributed by atoms with Gasteiger partial charge in [-0.2, -0.15) is 0 Å². The Morgan fingerprint density at radius 1 is 1.33 bits per heavy atom. The average molecular weight is 206 g/mol. The molecule has 0 aliphatic carbocycles. The van der Waals surface area contributed by atoms with Crippen molar-refractivity contribution in [2.45, 2.75) is 13.2 Å². The van der Waals surface area contributed by atoms with Gasteiger partial charge in [0.25, 0.3) is 0 Å². The van der Waals surface area contributed by atoms with Gasteiger partial charge in [0.1, 0.15) is 18.2 Å². The number of hydrogen-bond donors (Lipinski definition) is 1. The van der Waals surface area contributed by atoms with E-state index in [1.54, 1.807) is 35.2 Å². The number of imidazole rings is 1. The molecule has 1 heterocycles. The minimum Gasteiger partial charge on any atom is -0.388 e. The predicted molar refractivity (Wildman–Crippen MR) is 53.7 cm³/mol. The molecule has 0 saturated carbocycles. The van der Waals surface area contributed by atoms with Crippen LogP contribution in [0.5, 0.6) is 0 Å². The Morgan fingerprint density at radius 2 is 2.13 bits per heavy atom. The fourth-order valence-corrected chi connectivity index (χ4v) is 1.45. The topological polar surface area (TPSA) is 38.1 Å². The molecule has 1 aromatic carbocycles. The van der Waals surface area contributed by atoms with Crippen LogP contribution in [-0.4, -0.2) is 14.7 Å². The van der Waals surface area contributed by atoms with Gasteiger partial charge in [0.15, 0.2) is 0 Å². The van der Waals surface area contributed by atoms with E-state index < -0.39 is 0 Å². The van der Waals surface area contributed by atoms with Gasteiger partial charge in [0.05, 0.1) is 6.54 Å². The highest BCUT2D eigenvalue weighted by atomic mass is 19.1. The molecule has 0 aliphatic heterocycles. The Kier molecular flexibility index (Phi) is 2.78. The van der Waals surface area contributed by atoms with Crippen LogP contribution in [0.1, 0.15) is 11.4 Å². The van der Waals surface area contributed by atoms with Crippen molar-refractivity contribution in [3.05, 3.63) is 53.9 Å². The fraction of sp³-hybridized carbons (Fsp3) is 0.182. The molecule has 15 heavy (non-hydrogen) atoms. The molecule has 78 valence electrons.